The van der Waals surface area contributed by atoms with Crippen LogP contribution in [0.3, 0.4) is 0 Å². The van der Waals surface area contributed by atoms with E-state index in [9.17, 15) is 0 Å². The number of rotatable bonds is 4. The molecule has 1 heterocycles. The molecule has 0 amide bonds. The topological polar surface area (TPSA) is 50.9 Å². The van der Waals surface area contributed by atoms with Crippen molar-refractivity contribution in [3.05, 3.63) is 29.8 Å². The molecule has 0 aromatic heterocycles. The first-order valence-electron chi connectivity index (χ1n) is 7.43. The summed E-state index contributed by atoms with van der Waals surface area (Å²) in [5.41, 5.74) is 7.23. The van der Waals surface area contributed by atoms with Gasteiger partial charge in [-0.3, -0.25) is 0 Å². The van der Waals surface area contributed by atoms with E-state index in [0.29, 0.717) is 12.5 Å². The van der Waals surface area contributed by atoms with Crippen LogP contribution >= 0.6 is 0 Å². The Morgan fingerprint density at radius 3 is 2.80 bits per heavy atom. The van der Waals surface area contributed by atoms with E-state index in [0.717, 1.165) is 18.8 Å². The second kappa shape index (κ2) is 7.17. The molecule has 0 radical (unpaired) electrons. The highest BCUT2D eigenvalue weighted by Crippen LogP contribution is 2.14. The number of benzene rings is 1. The van der Waals surface area contributed by atoms with Gasteiger partial charge in [-0.1, -0.05) is 12.1 Å². The number of aliphatic imine (C=N–C) groups is 1. The molecule has 1 fully saturated rings. The highest BCUT2D eigenvalue weighted by molar-refractivity contribution is 5.78. The molecule has 1 aromatic carbocycles. The summed E-state index contributed by atoms with van der Waals surface area (Å²) in [5, 5.41) is 0. The quantitative estimate of drug-likeness (QED) is 0.678. The lowest BCUT2D eigenvalue weighted by atomic mass is 10.1. The summed E-state index contributed by atoms with van der Waals surface area (Å²) in [6.07, 6.45) is 3.76. The average Bonchev–Trinajstić information content (AvgIpc) is 2.46. The van der Waals surface area contributed by atoms with Crippen molar-refractivity contribution in [1.29, 1.82) is 0 Å². The minimum Gasteiger partial charge on any atom is -0.489 e. The minimum atomic E-state index is 0.0279. The Morgan fingerprint density at radius 2 is 2.10 bits per heavy atom. The van der Waals surface area contributed by atoms with Crippen molar-refractivity contribution in [2.45, 2.75) is 39.2 Å². The third-order valence-electron chi connectivity index (χ3n) is 3.52. The summed E-state index contributed by atoms with van der Waals surface area (Å²) in [6.45, 7) is 6.74. The van der Waals surface area contributed by atoms with Gasteiger partial charge in [0.15, 0.2) is 5.96 Å². The highest BCUT2D eigenvalue weighted by atomic mass is 16.5. The van der Waals surface area contributed by atoms with Crippen molar-refractivity contribution in [3.8, 4) is 5.75 Å². The maximum absolute atomic E-state index is 6.03. The molecular weight excluding hydrogens is 250 g/mol. The molecule has 1 aliphatic heterocycles. The average molecular weight is 275 g/mol. The Kier molecular flexibility index (Phi) is 5.27. The van der Waals surface area contributed by atoms with Crippen LogP contribution < -0.4 is 10.5 Å². The minimum absolute atomic E-state index is 0.0279. The molecular formula is C16H25N3O. The predicted octanol–water partition coefficient (Wildman–Crippen LogP) is 2.56. The third kappa shape index (κ3) is 4.44. The Hall–Kier alpha value is -1.71. The number of hydrogen-bond donors (Lipinski definition) is 1. The van der Waals surface area contributed by atoms with Crippen molar-refractivity contribution in [1.82, 2.24) is 4.90 Å². The van der Waals surface area contributed by atoms with Crippen LogP contribution in [0.1, 0.15) is 31.7 Å². The van der Waals surface area contributed by atoms with E-state index in [1.54, 1.807) is 0 Å². The first-order chi connectivity index (χ1) is 9.65. The summed E-state index contributed by atoms with van der Waals surface area (Å²) in [5.74, 6) is 1.55. The molecule has 110 valence electrons. The molecule has 0 aliphatic carbocycles. The number of nitrogens with two attached hydrogens (primary N) is 1. The molecule has 1 atom stereocenters. The van der Waals surface area contributed by atoms with Crippen LogP contribution in [0.15, 0.2) is 29.3 Å². The van der Waals surface area contributed by atoms with E-state index in [-0.39, 0.29) is 6.10 Å². The second-order valence-electron chi connectivity index (χ2n) is 5.49. The lowest BCUT2D eigenvalue weighted by molar-refractivity contribution is 0.229. The molecule has 20 heavy (non-hydrogen) atoms. The summed E-state index contributed by atoms with van der Waals surface area (Å²) in [4.78, 5) is 6.63. The van der Waals surface area contributed by atoms with Gasteiger partial charge in [0.05, 0.1) is 6.54 Å². The van der Waals surface area contributed by atoms with E-state index >= 15 is 0 Å². The Bertz CT molecular complexity index is 453. The second-order valence-corrected chi connectivity index (χ2v) is 5.49. The van der Waals surface area contributed by atoms with Gasteiger partial charge in [0.2, 0.25) is 0 Å². The number of hydrogen-bond acceptors (Lipinski definition) is 2. The molecule has 0 spiro atoms. The predicted molar refractivity (Wildman–Crippen MR) is 83.2 cm³/mol. The van der Waals surface area contributed by atoms with Crippen molar-refractivity contribution in [2.24, 2.45) is 10.7 Å². The zero-order valence-electron chi connectivity index (χ0n) is 12.5. The van der Waals surface area contributed by atoms with E-state index in [2.05, 4.69) is 22.9 Å². The Balaban J connectivity index is 1.83. The van der Waals surface area contributed by atoms with E-state index in [4.69, 9.17) is 10.5 Å². The van der Waals surface area contributed by atoms with Crippen LogP contribution in [0.25, 0.3) is 0 Å². The molecule has 4 nitrogen and oxygen atoms in total. The first-order valence-corrected chi connectivity index (χ1v) is 7.43. The SMILES string of the molecule is Cc1cccc(OC(C)CN=C(N)N2CCCCC2)c1. The number of nitrogens with zero attached hydrogens (tertiary/aromatic N) is 2. The van der Waals surface area contributed by atoms with Gasteiger partial charge in [-0.05, 0) is 50.8 Å². The zero-order valence-corrected chi connectivity index (χ0v) is 12.5. The Morgan fingerprint density at radius 1 is 1.35 bits per heavy atom. The van der Waals surface area contributed by atoms with Gasteiger partial charge in [-0.25, -0.2) is 4.99 Å². The third-order valence-corrected chi connectivity index (χ3v) is 3.52. The molecule has 0 saturated carbocycles. The van der Waals surface area contributed by atoms with Crippen LogP contribution in [0.5, 0.6) is 5.75 Å². The van der Waals surface area contributed by atoms with Gasteiger partial charge < -0.3 is 15.4 Å². The molecule has 2 N–H and O–H groups in total. The fourth-order valence-electron chi connectivity index (χ4n) is 2.40. The lowest BCUT2D eigenvalue weighted by Gasteiger charge is -2.27. The number of guanidine groups is 1. The summed E-state index contributed by atoms with van der Waals surface area (Å²) in [7, 11) is 0. The van der Waals surface area contributed by atoms with Crippen molar-refractivity contribution in [2.75, 3.05) is 19.6 Å². The van der Waals surface area contributed by atoms with Crippen molar-refractivity contribution < 1.29 is 4.74 Å². The standard InChI is InChI=1S/C16H25N3O/c1-13-7-6-8-15(11-13)20-14(2)12-18-16(17)19-9-4-3-5-10-19/h6-8,11,14H,3-5,9-10,12H2,1-2H3,(H2,17,18). The monoisotopic (exact) mass is 275 g/mol. The zero-order chi connectivity index (χ0) is 14.4. The fourth-order valence-corrected chi connectivity index (χ4v) is 2.40. The molecule has 1 unspecified atom stereocenters. The summed E-state index contributed by atoms with van der Waals surface area (Å²) < 4.78 is 5.85. The molecule has 1 aromatic rings. The number of aryl methyl sites for hydroxylation is 1. The van der Waals surface area contributed by atoms with E-state index in [1.165, 1.54) is 24.8 Å². The molecule has 4 heteroatoms. The van der Waals surface area contributed by atoms with Gasteiger partial charge in [0.25, 0.3) is 0 Å². The van der Waals surface area contributed by atoms with Crippen molar-refractivity contribution >= 4 is 5.96 Å². The number of ether oxygens (including phenoxy) is 1. The lowest BCUT2D eigenvalue weighted by Crippen LogP contribution is -2.41. The molecule has 0 bridgehead atoms. The number of piperidine rings is 1. The van der Waals surface area contributed by atoms with Gasteiger partial charge in [0.1, 0.15) is 11.9 Å². The summed E-state index contributed by atoms with van der Waals surface area (Å²) in [6, 6.07) is 8.07. The maximum Gasteiger partial charge on any atom is 0.191 e. The number of likely N-dealkylation sites (tertiary alicyclic amines) is 1. The van der Waals surface area contributed by atoms with Crippen LogP contribution in [-0.2, 0) is 0 Å². The van der Waals surface area contributed by atoms with Crippen molar-refractivity contribution in [3.63, 3.8) is 0 Å². The molecule has 1 saturated heterocycles. The van der Waals surface area contributed by atoms with Crippen LogP contribution in [0.4, 0.5) is 0 Å². The largest absolute Gasteiger partial charge is 0.489 e. The Labute approximate surface area is 121 Å². The summed E-state index contributed by atoms with van der Waals surface area (Å²) >= 11 is 0. The van der Waals surface area contributed by atoms with Gasteiger partial charge in [-0.15, -0.1) is 0 Å². The molecule has 1 aliphatic rings. The van der Waals surface area contributed by atoms with Gasteiger partial charge in [-0.2, -0.15) is 0 Å². The van der Waals surface area contributed by atoms with Crippen LogP contribution in [0, 0.1) is 6.92 Å². The first kappa shape index (κ1) is 14.7. The maximum atomic E-state index is 6.03. The fraction of sp³-hybridized carbons (Fsp3) is 0.562. The van der Waals surface area contributed by atoms with Crippen LogP contribution in [0.2, 0.25) is 0 Å². The van der Waals surface area contributed by atoms with Crippen LogP contribution in [-0.4, -0.2) is 36.6 Å². The highest BCUT2D eigenvalue weighted by Gasteiger charge is 2.12. The van der Waals surface area contributed by atoms with E-state index < -0.39 is 0 Å². The van der Waals surface area contributed by atoms with Gasteiger partial charge in [0, 0.05) is 13.1 Å². The van der Waals surface area contributed by atoms with Gasteiger partial charge >= 0.3 is 0 Å². The van der Waals surface area contributed by atoms with E-state index in [1.807, 2.05) is 25.1 Å². The molecule has 2 rings (SSSR count). The normalized spacial score (nSPS) is 17.9. The smallest absolute Gasteiger partial charge is 0.191 e.